The first-order chi connectivity index (χ1) is 14.8. The van der Waals surface area contributed by atoms with Gasteiger partial charge in [0, 0.05) is 44.5 Å². The van der Waals surface area contributed by atoms with Gasteiger partial charge in [0.1, 0.15) is 5.75 Å². The number of rotatable bonds is 7. The molecule has 0 saturated heterocycles. The zero-order chi connectivity index (χ0) is 22.3. The summed E-state index contributed by atoms with van der Waals surface area (Å²) in [6, 6.07) is 13.5. The van der Waals surface area contributed by atoms with Crippen LogP contribution < -0.4 is 20.3 Å². The molecular formula is C23H28F3IN4O. The first-order valence-electron chi connectivity index (χ1n) is 10.1. The number of halogens is 4. The molecule has 174 valence electrons. The molecule has 0 radical (unpaired) electrons. The molecule has 0 bridgehead atoms. The van der Waals surface area contributed by atoms with Crippen LogP contribution in [0, 0.1) is 6.92 Å². The number of hydrogen-bond donors (Lipinski definition) is 2. The van der Waals surface area contributed by atoms with Crippen molar-refractivity contribution in [1.29, 1.82) is 0 Å². The molecule has 3 rings (SSSR count). The number of aliphatic imine (C=N–C) groups is 1. The molecule has 32 heavy (non-hydrogen) atoms. The SMILES string of the molecule is CN=C(NCc1ccc(N2CC=CC2)cc1)NCc1ccc(C)cc1OCC(F)(F)F.I. The topological polar surface area (TPSA) is 48.9 Å². The van der Waals surface area contributed by atoms with Crippen LogP contribution in [0.25, 0.3) is 0 Å². The number of guanidine groups is 1. The highest BCUT2D eigenvalue weighted by Crippen LogP contribution is 2.24. The van der Waals surface area contributed by atoms with Gasteiger partial charge < -0.3 is 20.3 Å². The van der Waals surface area contributed by atoms with Gasteiger partial charge in [-0.3, -0.25) is 4.99 Å². The quantitative estimate of drug-likeness (QED) is 0.221. The van der Waals surface area contributed by atoms with E-state index < -0.39 is 12.8 Å². The van der Waals surface area contributed by atoms with Crippen LogP contribution in [0.3, 0.4) is 0 Å². The first-order valence-corrected chi connectivity index (χ1v) is 10.1. The normalized spacial score (nSPS) is 13.7. The molecule has 0 unspecified atom stereocenters. The molecule has 5 nitrogen and oxygen atoms in total. The van der Waals surface area contributed by atoms with Gasteiger partial charge in [0.2, 0.25) is 0 Å². The van der Waals surface area contributed by atoms with Crippen LogP contribution in [-0.2, 0) is 13.1 Å². The molecule has 2 N–H and O–H groups in total. The second kappa shape index (κ2) is 12.0. The van der Waals surface area contributed by atoms with Crippen molar-refractivity contribution in [1.82, 2.24) is 10.6 Å². The standard InChI is InChI=1S/C23H27F3N4O.HI/c1-17-5-8-19(21(13-17)31-16-23(24,25)26)15-29-22(27-2)28-14-18-6-9-20(10-7-18)30-11-3-4-12-30;/h3-10,13H,11-12,14-16H2,1-2H3,(H2,27,28,29);1H. The van der Waals surface area contributed by atoms with Crippen LogP contribution in [0.2, 0.25) is 0 Å². The van der Waals surface area contributed by atoms with E-state index in [-0.39, 0.29) is 36.3 Å². The van der Waals surface area contributed by atoms with Crippen LogP contribution in [0.15, 0.2) is 59.6 Å². The Balaban J connectivity index is 0.00000363. The highest BCUT2D eigenvalue weighted by Gasteiger charge is 2.28. The largest absolute Gasteiger partial charge is 0.484 e. The van der Waals surface area contributed by atoms with E-state index in [1.165, 1.54) is 5.69 Å². The monoisotopic (exact) mass is 560 g/mol. The molecule has 1 aliphatic heterocycles. The van der Waals surface area contributed by atoms with Crippen molar-refractivity contribution >= 4 is 35.6 Å². The van der Waals surface area contributed by atoms with Gasteiger partial charge in [-0.1, -0.05) is 36.4 Å². The van der Waals surface area contributed by atoms with E-state index in [2.05, 4.69) is 56.9 Å². The van der Waals surface area contributed by atoms with Crippen LogP contribution in [-0.4, -0.2) is 38.9 Å². The smallest absolute Gasteiger partial charge is 0.422 e. The van der Waals surface area contributed by atoms with Crippen molar-refractivity contribution in [3.63, 3.8) is 0 Å². The summed E-state index contributed by atoms with van der Waals surface area (Å²) in [5.74, 6) is 0.766. The summed E-state index contributed by atoms with van der Waals surface area (Å²) in [6.45, 7) is 3.21. The minimum atomic E-state index is -4.38. The third kappa shape index (κ3) is 7.92. The van der Waals surface area contributed by atoms with Gasteiger partial charge in [-0.25, -0.2) is 0 Å². The Labute approximate surface area is 203 Å². The molecule has 0 aliphatic carbocycles. The van der Waals surface area contributed by atoms with E-state index in [1.54, 1.807) is 19.2 Å². The second-order valence-corrected chi connectivity index (χ2v) is 7.34. The van der Waals surface area contributed by atoms with Gasteiger partial charge in [0.05, 0.1) is 0 Å². The van der Waals surface area contributed by atoms with Crippen LogP contribution in [0.5, 0.6) is 5.75 Å². The maximum Gasteiger partial charge on any atom is 0.422 e. The van der Waals surface area contributed by atoms with Gasteiger partial charge in [-0.15, -0.1) is 24.0 Å². The summed E-state index contributed by atoms with van der Waals surface area (Å²) in [5, 5.41) is 6.35. The van der Waals surface area contributed by atoms with Crippen molar-refractivity contribution in [3.8, 4) is 5.75 Å². The zero-order valence-electron chi connectivity index (χ0n) is 18.1. The average molecular weight is 560 g/mol. The molecule has 1 heterocycles. The highest BCUT2D eigenvalue weighted by atomic mass is 127. The molecule has 0 aromatic heterocycles. The maximum absolute atomic E-state index is 12.5. The van der Waals surface area contributed by atoms with Crippen LogP contribution >= 0.6 is 24.0 Å². The Morgan fingerprint density at radius 2 is 1.69 bits per heavy atom. The van der Waals surface area contributed by atoms with Gasteiger partial charge in [-0.2, -0.15) is 13.2 Å². The lowest BCUT2D eigenvalue weighted by molar-refractivity contribution is -0.153. The van der Waals surface area contributed by atoms with Crippen molar-refractivity contribution in [2.75, 3.05) is 31.6 Å². The molecule has 9 heteroatoms. The lowest BCUT2D eigenvalue weighted by Gasteiger charge is -2.18. The Hall–Kier alpha value is -2.43. The Morgan fingerprint density at radius 1 is 1.03 bits per heavy atom. The van der Waals surface area contributed by atoms with E-state index >= 15 is 0 Å². The third-order valence-corrected chi connectivity index (χ3v) is 4.86. The van der Waals surface area contributed by atoms with Crippen molar-refractivity contribution < 1.29 is 17.9 Å². The molecular weight excluding hydrogens is 532 g/mol. The summed E-state index contributed by atoms with van der Waals surface area (Å²) in [4.78, 5) is 6.46. The molecule has 0 atom stereocenters. The van der Waals surface area contributed by atoms with Gasteiger partial charge >= 0.3 is 6.18 Å². The number of alkyl halides is 3. The molecule has 0 amide bonds. The lowest BCUT2D eigenvalue weighted by Crippen LogP contribution is -2.36. The predicted molar refractivity (Wildman–Crippen MR) is 133 cm³/mol. The Morgan fingerprint density at radius 3 is 2.31 bits per heavy atom. The molecule has 2 aromatic carbocycles. The van der Waals surface area contributed by atoms with E-state index in [0.717, 1.165) is 24.2 Å². The van der Waals surface area contributed by atoms with Crippen molar-refractivity contribution in [3.05, 3.63) is 71.3 Å². The number of aryl methyl sites for hydroxylation is 1. The predicted octanol–water partition coefficient (Wildman–Crippen LogP) is 4.80. The van der Waals surface area contributed by atoms with E-state index in [1.807, 2.05) is 13.0 Å². The summed E-state index contributed by atoms with van der Waals surface area (Å²) >= 11 is 0. The molecule has 1 aliphatic rings. The third-order valence-electron chi connectivity index (χ3n) is 4.86. The van der Waals surface area contributed by atoms with Crippen LogP contribution in [0.4, 0.5) is 18.9 Å². The molecule has 0 saturated carbocycles. The van der Waals surface area contributed by atoms with E-state index in [0.29, 0.717) is 18.1 Å². The number of nitrogens with zero attached hydrogens (tertiary/aromatic N) is 2. The van der Waals surface area contributed by atoms with Gasteiger partial charge in [0.15, 0.2) is 12.6 Å². The fourth-order valence-corrected chi connectivity index (χ4v) is 3.20. The summed E-state index contributed by atoms with van der Waals surface area (Å²) in [5.41, 5.74) is 3.74. The minimum absolute atomic E-state index is 0. The maximum atomic E-state index is 12.5. The number of anilines is 1. The van der Waals surface area contributed by atoms with Crippen LogP contribution in [0.1, 0.15) is 16.7 Å². The molecule has 0 spiro atoms. The Bertz CT molecular complexity index is 922. The second-order valence-electron chi connectivity index (χ2n) is 7.34. The number of ether oxygens (including phenoxy) is 1. The minimum Gasteiger partial charge on any atom is -0.484 e. The molecule has 0 fully saturated rings. The first kappa shape index (κ1) is 25.8. The van der Waals surface area contributed by atoms with E-state index in [9.17, 15) is 13.2 Å². The number of hydrogen-bond acceptors (Lipinski definition) is 3. The lowest BCUT2D eigenvalue weighted by atomic mass is 10.1. The fourth-order valence-electron chi connectivity index (χ4n) is 3.20. The summed E-state index contributed by atoms with van der Waals surface area (Å²) < 4.78 is 42.6. The number of nitrogens with one attached hydrogen (secondary N) is 2. The van der Waals surface area contributed by atoms with Crippen molar-refractivity contribution in [2.45, 2.75) is 26.2 Å². The van der Waals surface area contributed by atoms with E-state index in [4.69, 9.17) is 4.74 Å². The zero-order valence-corrected chi connectivity index (χ0v) is 20.4. The van der Waals surface area contributed by atoms with Gasteiger partial charge in [0.25, 0.3) is 0 Å². The fraction of sp³-hybridized carbons (Fsp3) is 0.348. The highest BCUT2D eigenvalue weighted by molar-refractivity contribution is 14.0. The number of benzene rings is 2. The Kier molecular flexibility index (Phi) is 9.67. The average Bonchev–Trinajstić information content (AvgIpc) is 3.28. The van der Waals surface area contributed by atoms with Gasteiger partial charge in [-0.05, 0) is 36.2 Å². The molecule has 2 aromatic rings. The van der Waals surface area contributed by atoms with Crippen molar-refractivity contribution in [2.24, 2.45) is 4.99 Å². The summed E-state index contributed by atoms with van der Waals surface area (Å²) in [6.07, 6.45) is -0.0790. The summed E-state index contributed by atoms with van der Waals surface area (Å²) in [7, 11) is 1.65.